The molecule has 7 heteroatoms. The topological polar surface area (TPSA) is 80.2 Å². The molecule has 2 aliphatic rings. The van der Waals surface area contributed by atoms with Crippen molar-refractivity contribution in [2.75, 3.05) is 20.2 Å². The van der Waals surface area contributed by atoms with Gasteiger partial charge in [-0.15, -0.1) is 0 Å². The first-order valence-electron chi connectivity index (χ1n) is 10.7. The molecule has 0 aliphatic carbocycles. The number of piperidine rings is 1. The molecule has 0 radical (unpaired) electrons. The van der Waals surface area contributed by atoms with Crippen molar-refractivity contribution in [1.29, 1.82) is 0 Å². The lowest BCUT2D eigenvalue weighted by Gasteiger charge is -2.42. The zero-order valence-corrected chi connectivity index (χ0v) is 17.8. The van der Waals surface area contributed by atoms with Crippen molar-refractivity contribution in [3.05, 3.63) is 69.8 Å². The maximum atomic E-state index is 13.3. The predicted molar refractivity (Wildman–Crippen MR) is 117 cm³/mol. The van der Waals surface area contributed by atoms with Crippen LogP contribution in [0, 0.1) is 12.8 Å². The minimum absolute atomic E-state index is 0.0603. The van der Waals surface area contributed by atoms with E-state index in [1.807, 2.05) is 52.8 Å². The number of H-pyrrole nitrogens is 1. The summed E-state index contributed by atoms with van der Waals surface area (Å²) in [6.07, 6.45) is 1.35. The van der Waals surface area contributed by atoms with Gasteiger partial charge in [-0.25, -0.2) is 0 Å². The summed E-state index contributed by atoms with van der Waals surface area (Å²) >= 11 is 0. The number of pyridine rings is 1. The standard InChI is InChI=1S/C24H26N4O3/c1-15-20(24(26-25-15)17-6-8-19(31-2)9-7-17)11-23(30)27-12-16-10-18(14-27)21-4-3-5-22(29)28(21)13-16/h3-9,16,18H,10-14H2,1-2H3,(H,25,26). The molecule has 1 saturated heterocycles. The van der Waals surface area contributed by atoms with E-state index in [9.17, 15) is 9.59 Å². The van der Waals surface area contributed by atoms with Crippen LogP contribution in [0.1, 0.15) is 29.3 Å². The molecule has 160 valence electrons. The number of aryl methyl sites for hydroxylation is 1. The van der Waals surface area contributed by atoms with Crippen LogP contribution in [0.2, 0.25) is 0 Å². The lowest BCUT2D eigenvalue weighted by Crippen LogP contribution is -2.49. The summed E-state index contributed by atoms with van der Waals surface area (Å²) in [5.74, 6) is 1.44. The van der Waals surface area contributed by atoms with Gasteiger partial charge in [0.1, 0.15) is 5.75 Å². The molecule has 1 fully saturated rings. The number of ether oxygens (including phenoxy) is 1. The lowest BCUT2D eigenvalue weighted by atomic mass is 9.83. The number of amides is 1. The number of aromatic nitrogens is 3. The first-order chi connectivity index (χ1) is 15.0. The molecule has 1 amide bonds. The maximum Gasteiger partial charge on any atom is 0.250 e. The summed E-state index contributed by atoms with van der Waals surface area (Å²) in [5, 5.41) is 7.50. The number of hydrogen-bond acceptors (Lipinski definition) is 4. The average molecular weight is 418 g/mol. The van der Waals surface area contributed by atoms with Gasteiger partial charge in [0.25, 0.3) is 5.56 Å². The number of rotatable bonds is 4. The Hall–Kier alpha value is -3.35. The van der Waals surface area contributed by atoms with Crippen molar-refractivity contribution < 1.29 is 9.53 Å². The summed E-state index contributed by atoms with van der Waals surface area (Å²) in [5.41, 5.74) is 4.72. The minimum atomic E-state index is 0.0603. The van der Waals surface area contributed by atoms with Gasteiger partial charge in [-0.05, 0) is 49.6 Å². The van der Waals surface area contributed by atoms with E-state index in [4.69, 9.17) is 4.74 Å². The van der Waals surface area contributed by atoms with E-state index in [-0.39, 0.29) is 17.4 Å². The first-order valence-corrected chi connectivity index (χ1v) is 10.7. The van der Waals surface area contributed by atoms with Crippen molar-refractivity contribution in [3.8, 4) is 17.0 Å². The van der Waals surface area contributed by atoms with Gasteiger partial charge in [-0.2, -0.15) is 5.10 Å². The largest absolute Gasteiger partial charge is 0.497 e. The number of aromatic amines is 1. The number of hydrogen-bond donors (Lipinski definition) is 1. The van der Waals surface area contributed by atoms with Crippen LogP contribution in [0.4, 0.5) is 0 Å². The van der Waals surface area contributed by atoms with Crippen molar-refractivity contribution in [1.82, 2.24) is 19.7 Å². The molecule has 4 heterocycles. The molecule has 2 atom stereocenters. The fraction of sp³-hybridized carbons (Fsp3) is 0.375. The van der Waals surface area contributed by atoms with Crippen LogP contribution in [0.3, 0.4) is 0 Å². The highest BCUT2D eigenvalue weighted by molar-refractivity contribution is 5.82. The van der Waals surface area contributed by atoms with Crippen LogP contribution < -0.4 is 10.3 Å². The van der Waals surface area contributed by atoms with Gasteiger partial charge in [-0.3, -0.25) is 14.7 Å². The molecule has 5 rings (SSSR count). The number of methoxy groups -OCH3 is 1. The molecule has 1 aromatic carbocycles. The van der Waals surface area contributed by atoms with E-state index in [1.54, 1.807) is 13.2 Å². The summed E-state index contributed by atoms with van der Waals surface area (Å²) < 4.78 is 7.13. The SMILES string of the molecule is COc1ccc(-c2n[nH]c(C)c2CC(=O)N2CC3CC(C2)c2cccc(=O)n2C3)cc1. The monoisotopic (exact) mass is 418 g/mol. The summed E-state index contributed by atoms with van der Waals surface area (Å²) in [7, 11) is 1.64. The second-order valence-electron chi connectivity index (χ2n) is 8.58. The van der Waals surface area contributed by atoms with E-state index < -0.39 is 0 Å². The van der Waals surface area contributed by atoms with Crippen LogP contribution in [0.5, 0.6) is 5.75 Å². The first kappa shape index (κ1) is 19.6. The number of benzene rings is 1. The Bertz CT molecular complexity index is 1180. The van der Waals surface area contributed by atoms with Crippen LogP contribution in [0.15, 0.2) is 47.3 Å². The Labute approximate surface area is 180 Å². The van der Waals surface area contributed by atoms with Crippen LogP contribution in [0.25, 0.3) is 11.3 Å². The molecule has 31 heavy (non-hydrogen) atoms. The third kappa shape index (κ3) is 3.54. The molecule has 0 spiro atoms. The molecule has 2 bridgehead atoms. The zero-order valence-electron chi connectivity index (χ0n) is 17.8. The van der Waals surface area contributed by atoms with Crippen LogP contribution >= 0.6 is 0 Å². The van der Waals surface area contributed by atoms with Crippen molar-refractivity contribution >= 4 is 5.91 Å². The summed E-state index contributed by atoms with van der Waals surface area (Å²) in [6, 6.07) is 13.2. The molecule has 0 saturated carbocycles. The van der Waals surface area contributed by atoms with E-state index >= 15 is 0 Å². The van der Waals surface area contributed by atoms with Crippen LogP contribution in [-0.4, -0.2) is 45.8 Å². The van der Waals surface area contributed by atoms with E-state index in [0.717, 1.165) is 40.4 Å². The maximum absolute atomic E-state index is 13.3. The molecule has 3 aromatic rings. The Morgan fingerprint density at radius 2 is 1.97 bits per heavy atom. The Balaban J connectivity index is 1.37. The average Bonchev–Trinajstić information content (AvgIpc) is 3.14. The summed E-state index contributed by atoms with van der Waals surface area (Å²) in [4.78, 5) is 27.5. The predicted octanol–water partition coefficient (Wildman–Crippen LogP) is 2.74. The number of carbonyl (C=O) groups is 1. The fourth-order valence-electron chi connectivity index (χ4n) is 5.02. The van der Waals surface area contributed by atoms with E-state index in [2.05, 4.69) is 10.2 Å². The highest BCUT2D eigenvalue weighted by Crippen LogP contribution is 2.35. The van der Waals surface area contributed by atoms with Gasteiger partial charge in [0.2, 0.25) is 5.91 Å². The quantitative estimate of drug-likeness (QED) is 0.707. The molecular weight excluding hydrogens is 392 g/mol. The highest BCUT2D eigenvalue weighted by atomic mass is 16.5. The van der Waals surface area contributed by atoms with Gasteiger partial charge >= 0.3 is 0 Å². The van der Waals surface area contributed by atoms with Gasteiger partial charge in [0.05, 0.1) is 19.2 Å². The van der Waals surface area contributed by atoms with Crippen molar-refractivity contribution in [2.45, 2.75) is 32.2 Å². The van der Waals surface area contributed by atoms with Gasteiger partial charge in [0.15, 0.2) is 0 Å². The van der Waals surface area contributed by atoms with Crippen LogP contribution in [-0.2, 0) is 17.8 Å². The third-order valence-electron chi connectivity index (χ3n) is 6.60. The number of nitrogens with one attached hydrogen (secondary N) is 1. The smallest absolute Gasteiger partial charge is 0.250 e. The molecule has 2 unspecified atom stereocenters. The fourth-order valence-corrected chi connectivity index (χ4v) is 5.02. The van der Waals surface area contributed by atoms with Gasteiger partial charge in [0, 0.05) is 54.1 Å². The number of fused-ring (bicyclic) bond motifs is 4. The molecule has 7 nitrogen and oxygen atoms in total. The second-order valence-corrected chi connectivity index (χ2v) is 8.58. The Kier molecular flexibility index (Phi) is 4.88. The van der Waals surface area contributed by atoms with Crippen molar-refractivity contribution in [3.63, 3.8) is 0 Å². The lowest BCUT2D eigenvalue weighted by molar-refractivity contribution is -0.133. The van der Waals surface area contributed by atoms with Gasteiger partial charge in [-0.1, -0.05) is 6.07 Å². The molecule has 2 aromatic heterocycles. The van der Waals surface area contributed by atoms with E-state index in [0.29, 0.717) is 32.0 Å². The Morgan fingerprint density at radius 1 is 1.16 bits per heavy atom. The Morgan fingerprint density at radius 3 is 2.74 bits per heavy atom. The van der Waals surface area contributed by atoms with E-state index in [1.165, 1.54) is 0 Å². The number of nitrogens with zero attached hydrogens (tertiary/aromatic N) is 3. The highest BCUT2D eigenvalue weighted by Gasteiger charge is 2.36. The third-order valence-corrected chi connectivity index (χ3v) is 6.60. The molecule has 1 N–H and O–H groups in total. The normalized spacial score (nSPS) is 19.7. The van der Waals surface area contributed by atoms with Crippen molar-refractivity contribution in [2.24, 2.45) is 5.92 Å². The number of likely N-dealkylation sites (tertiary alicyclic amines) is 1. The molecular formula is C24H26N4O3. The van der Waals surface area contributed by atoms with Gasteiger partial charge < -0.3 is 14.2 Å². The second kappa shape index (κ2) is 7.72. The zero-order chi connectivity index (χ0) is 21.5. The summed E-state index contributed by atoms with van der Waals surface area (Å²) in [6.45, 7) is 4.01. The molecule has 2 aliphatic heterocycles. The number of carbonyl (C=O) groups excluding carboxylic acids is 1. The minimum Gasteiger partial charge on any atom is -0.497 e.